The predicted octanol–water partition coefficient (Wildman–Crippen LogP) is 4.49. The summed E-state index contributed by atoms with van der Waals surface area (Å²) in [5.41, 5.74) is 2.59. The Bertz CT molecular complexity index is 1130. The van der Waals surface area contributed by atoms with Crippen LogP contribution in [0.25, 0.3) is 5.69 Å². The average molecular weight is 417 g/mol. The molecule has 8 heteroatoms. The van der Waals surface area contributed by atoms with Gasteiger partial charge in [0.05, 0.1) is 17.1 Å². The van der Waals surface area contributed by atoms with Gasteiger partial charge < -0.3 is 10.1 Å². The van der Waals surface area contributed by atoms with E-state index in [1.54, 1.807) is 10.7 Å². The molecule has 0 spiro atoms. The number of hydrogen-bond donors (Lipinski definition) is 1. The molecule has 0 saturated carbocycles. The van der Waals surface area contributed by atoms with Crippen LogP contribution in [0, 0.1) is 6.92 Å². The lowest BCUT2D eigenvalue weighted by Gasteiger charge is -2.12. The number of hydrogen-bond acceptors (Lipinski definition) is 6. The molecule has 0 atom stereocenters. The first-order valence-electron chi connectivity index (χ1n) is 9.29. The second kappa shape index (κ2) is 9.23. The molecule has 3 aromatic carbocycles. The monoisotopic (exact) mass is 417 g/mol. The molecule has 0 aliphatic heterocycles. The van der Waals surface area contributed by atoms with E-state index in [9.17, 15) is 4.79 Å². The van der Waals surface area contributed by atoms with Crippen molar-refractivity contribution < 1.29 is 9.53 Å². The van der Waals surface area contributed by atoms with Crippen LogP contribution in [-0.4, -0.2) is 31.9 Å². The molecule has 7 nitrogen and oxygen atoms in total. The first-order valence-corrected chi connectivity index (χ1v) is 10.3. The molecule has 0 fully saturated rings. The van der Waals surface area contributed by atoms with Crippen molar-refractivity contribution in [1.82, 2.24) is 20.2 Å². The summed E-state index contributed by atoms with van der Waals surface area (Å²) < 4.78 is 7.54. The van der Waals surface area contributed by atoms with E-state index in [-0.39, 0.29) is 11.7 Å². The zero-order chi connectivity index (χ0) is 20.8. The highest BCUT2D eigenvalue weighted by Gasteiger charge is 2.13. The summed E-state index contributed by atoms with van der Waals surface area (Å²) in [7, 11) is 0. The molecule has 150 valence electrons. The maximum Gasteiger partial charge on any atom is 0.234 e. The van der Waals surface area contributed by atoms with Crippen LogP contribution in [0.1, 0.15) is 5.56 Å². The molecule has 0 bridgehead atoms. The fourth-order valence-electron chi connectivity index (χ4n) is 2.71. The number of rotatable bonds is 7. The maximum atomic E-state index is 12.5. The van der Waals surface area contributed by atoms with Crippen LogP contribution >= 0.6 is 11.8 Å². The Morgan fingerprint density at radius 1 is 1.00 bits per heavy atom. The minimum absolute atomic E-state index is 0.159. The first kappa shape index (κ1) is 19.7. The molecular formula is C22H19N5O2S. The third kappa shape index (κ3) is 4.84. The van der Waals surface area contributed by atoms with E-state index in [1.807, 2.05) is 79.7 Å². The van der Waals surface area contributed by atoms with Crippen molar-refractivity contribution in [2.24, 2.45) is 0 Å². The van der Waals surface area contributed by atoms with Crippen molar-refractivity contribution in [3.05, 3.63) is 84.4 Å². The topological polar surface area (TPSA) is 81.9 Å². The number of carbonyl (C=O) groups excluding carboxylic acids is 1. The highest BCUT2D eigenvalue weighted by Crippen LogP contribution is 2.29. The zero-order valence-corrected chi connectivity index (χ0v) is 17.0. The van der Waals surface area contributed by atoms with Gasteiger partial charge in [-0.25, -0.2) is 0 Å². The van der Waals surface area contributed by atoms with Crippen LogP contribution in [0.2, 0.25) is 0 Å². The van der Waals surface area contributed by atoms with Crippen LogP contribution in [0.15, 0.2) is 84.0 Å². The molecule has 0 aliphatic carbocycles. The SMILES string of the molecule is Cc1ccc(Oc2ccccc2NC(=O)CSc2nnnn2-c2ccccc2)cc1. The Hall–Kier alpha value is -3.65. The summed E-state index contributed by atoms with van der Waals surface area (Å²) in [5, 5.41) is 15.2. The molecule has 1 N–H and O–H groups in total. The lowest BCUT2D eigenvalue weighted by Crippen LogP contribution is -2.15. The number of carbonyl (C=O) groups is 1. The molecular weight excluding hydrogens is 398 g/mol. The number of tetrazole rings is 1. The third-order valence-corrected chi connectivity index (χ3v) is 5.10. The lowest BCUT2D eigenvalue weighted by atomic mass is 10.2. The molecule has 1 amide bonds. The fourth-order valence-corrected chi connectivity index (χ4v) is 3.40. The summed E-state index contributed by atoms with van der Waals surface area (Å²) in [5.74, 6) is 1.27. The highest BCUT2D eigenvalue weighted by atomic mass is 32.2. The Morgan fingerprint density at radius 2 is 1.73 bits per heavy atom. The van der Waals surface area contributed by atoms with E-state index in [1.165, 1.54) is 11.8 Å². The van der Waals surface area contributed by atoms with E-state index in [0.717, 1.165) is 11.3 Å². The Morgan fingerprint density at radius 3 is 2.53 bits per heavy atom. The van der Waals surface area contributed by atoms with Crippen LogP contribution in [0.5, 0.6) is 11.5 Å². The summed E-state index contributed by atoms with van der Waals surface area (Å²) in [6.07, 6.45) is 0. The largest absolute Gasteiger partial charge is 0.455 e. The van der Waals surface area contributed by atoms with E-state index < -0.39 is 0 Å². The van der Waals surface area contributed by atoms with Gasteiger partial charge in [-0.3, -0.25) is 4.79 Å². The number of nitrogens with zero attached hydrogens (tertiary/aromatic N) is 4. The van der Waals surface area contributed by atoms with Gasteiger partial charge in [-0.05, 0) is 53.7 Å². The average Bonchev–Trinajstić information content (AvgIpc) is 3.25. The number of amides is 1. The van der Waals surface area contributed by atoms with Gasteiger partial charge in [-0.1, -0.05) is 59.8 Å². The van der Waals surface area contributed by atoms with Crippen LogP contribution in [0.3, 0.4) is 0 Å². The quantitative estimate of drug-likeness (QED) is 0.446. The number of thioether (sulfide) groups is 1. The second-order valence-electron chi connectivity index (χ2n) is 6.46. The van der Waals surface area contributed by atoms with Crippen molar-refractivity contribution in [1.29, 1.82) is 0 Å². The minimum atomic E-state index is -0.178. The number of para-hydroxylation sites is 3. The third-order valence-electron chi connectivity index (χ3n) is 4.18. The maximum absolute atomic E-state index is 12.5. The molecule has 4 aromatic rings. The van der Waals surface area contributed by atoms with Crippen LogP contribution in [0.4, 0.5) is 5.69 Å². The van der Waals surface area contributed by atoms with Crippen molar-refractivity contribution in [2.45, 2.75) is 12.1 Å². The molecule has 0 radical (unpaired) electrons. The first-order chi connectivity index (χ1) is 14.7. The number of benzene rings is 3. The normalized spacial score (nSPS) is 10.6. The Balaban J connectivity index is 1.41. The molecule has 0 unspecified atom stereocenters. The van der Waals surface area contributed by atoms with Gasteiger partial charge in [0, 0.05) is 0 Å². The molecule has 4 rings (SSSR count). The van der Waals surface area contributed by atoms with E-state index in [4.69, 9.17) is 4.74 Å². The van der Waals surface area contributed by atoms with E-state index in [0.29, 0.717) is 22.3 Å². The molecule has 0 saturated heterocycles. The van der Waals surface area contributed by atoms with Gasteiger partial charge in [0.2, 0.25) is 11.1 Å². The Labute approximate surface area is 178 Å². The van der Waals surface area contributed by atoms with Crippen LogP contribution in [-0.2, 0) is 4.79 Å². The number of ether oxygens (including phenoxy) is 1. The predicted molar refractivity (Wildman–Crippen MR) is 116 cm³/mol. The second-order valence-corrected chi connectivity index (χ2v) is 7.40. The van der Waals surface area contributed by atoms with Crippen molar-refractivity contribution >= 4 is 23.4 Å². The Kier molecular flexibility index (Phi) is 6.05. The van der Waals surface area contributed by atoms with Crippen LogP contribution < -0.4 is 10.1 Å². The molecule has 30 heavy (non-hydrogen) atoms. The number of aromatic nitrogens is 4. The number of aryl methyl sites for hydroxylation is 1. The zero-order valence-electron chi connectivity index (χ0n) is 16.2. The van der Waals surface area contributed by atoms with Crippen molar-refractivity contribution in [2.75, 3.05) is 11.1 Å². The van der Waals surface area contributed by atoms with Gasteiger partial charge in [-0.15, -0.1) is 5.10 Å². The van der Waals surface area contributed by atoms with Gasteiger partial charge in [0.1, 0.15) is 5.75 Å². The van der Waals surface area contributed by atoms with E-state index in [2.05, 4.69) is 20.8 Å². The fraction of sp³-hybridized carbons (Fsp3) is 0.0909. The summed E-state index contributed by atoms with van der Waals surface area (Å²) in [6, 6.07) is 24.6. The van der Waals surface area contributed by atoms with Crippen molar-refractivity contribution in [3.8, 4) is 17.2 Å². The molecule has 0 aliphatic rings. The summed E-state index contributed by atoms with van der Waals surface area (Å²) in [4.78, 5) is 12.5. The van der Waals surface area contributed by atoms with Gasteiger partial charge in [-0.2, -0.15) is 4.68 Å². The molecule has 1 aromatic heterocycles. The number of anilines is 1. The van der Waals surface area contributed by atoms with Gasteiger partial charge in [0.15, 0.2) is 5.75 Å². The van der Waals surface area contributed by atoms with Gasteiger partial charge in [0.25, 0.3) is 0 Å². The van der Waals surface area contributed by atoms with Crippen molar-refractivity contribution in [3.63, 3.8) is 0 Å². The summed E-state index contributed by atoms with van der Waals surface area (Å²) >= 11 is 1.26. The lowest BCUT2D eigenvalue weighted by molar-refractivity contribution is -0.113. The molecule has 1 heterocycles. The van der Waals surface area contributed by atoms with E-state index >= 15 is 0 Å². The smallest absolute Gasteiger partial charge is 0.234 e. The summed E-state index contributed by atoms with van der Waals surface area (Å²) in [6.45, 7) is 2.02. The van der Waals surface area contributed by atoms with Gasteiger partial charge >= 0.3 is 0 Å². The standard InChI is InChI=1S/C22H19N5O2S/c1-16-11-13-18(14-12-16)29-20-10-6-5-9-19(20)23-21(28)15-30-22-24-25-26-27(22)17-7-3-2-4-8-17/h2-14H,15H2,1H3,(H,23,28). The minimum Gasteiger partial charge on any atom is -0.455 e. The highest BCUT2D eigenvalue weighted by molar-refractivity contribution is 7.99. The number of nitrogens with one attached hydrogen (secondary N) is 1.